The summed E-state index contributed by atoms with van der Waals surface area (Å²) in [6.07, 6.45) is 2.61. The maximum atomic E-state index is 13.4. The Bertz CT molecular complexity index is 1490. The van der Waals surface area contributed by atoms with Gasteiger partial charge < -0.3 is 15.4 Å². The molecule has 1 amide bonds. The lowest BCUT2D eigenvalue weighted by Crippen LogP contribution is -2.41. The molecule has 1 atom stereocenters. The molecular formula is C28H36N6O4S. The highest BCUT2D eigenvalue weighted by atomic mass is 32.2. The van der Waals surface area contributed by atoms with Gasteiger partial charge in [0.2, 0.25) is 5.88 Å². The van der Waals surface area contributed by atoms with Crippen LogP contribution in [0.4, 0.5) is 11.6 Å². The molecule has 0 aliphatic carbocycles. The number of nitrogens with one attached hydrogen (secondary N) is 1. The van der Waals surface area contributed by atoms with E-state index in [2.05, 4.69) is 54.2 Å². The maximum absolute atomic E-state index is 13.4. The van der Waals surface area contributed by atoms with Crippen molar-refractivity contribution < 1.29 is 17.9 Å². The van der Waals surface area contributed by atoms with Gasteiger partial charge in [-0.25, -0.2) is 19.7 Å². The minimum absolute atomic E-state index is 0.0365. The van der Waals surface area contributed by atoms with Crippen molar-refractivity contribution in [3.8, 4) is 17.1 Å². The third-order valence-corrected chi connectivity index (χ3v) is 7.85. The Balaban J connectivity index is 1.74. The Labute approximate surface area is 230 Å². The Morgan fingerprint density at radius 3 is 2.59 bits per heavy atom. The van der Waals surface area contributed by atoms with Crippen LogP contribution in [0.25, 0.3) is 11.3 Å². The quantitative estimate of drug-likeness (QED) is 0.420. The molecule has 1 unspecified atom stereocenters. The average molecular weight is 553 g/mol. The molecule has 1 fully saturated rings. The van der Waals surface area contributed by atoms with Crippen LogP contribution in [0.2, 0.25) is 0 Å². The zero-order valence-electron chi connectivity index (χ0n) is 23.2. The predicted molar refractivity (Wildman–Crippen MR) is 151 cm³/mol. The second kappa shape index (κ2) is 10.8. The first-order chi connectivity index (χ1) is 18.3. The predicted octanol–water partition coefficient (Wildman–Crippen LogP) is 4.21. The van der Waals surface area contributed by atoms with Gasteiger partial charge in [0.25, 0.3) is 15.9 Å². The Kier molecular flexibility index (Phi) is 7.83. The molecule has 3 aromatic heterocycles. The van der Waals surface area contributed by atoms with Crippen molar-refractivity contribution >= 4 is 27.6 Å². The van der Waals surface area contributed by atoms with E-state index >= 15 is 0 Å². The molecule has 3 N–H and O–H groups in total. The molecule has 0 saturated carbocycles. The number of nitrogen functional groups attached to an aromatic ring is 1. The van der Waals surface area contributed by atoms with Gasteiger partial charge in [-0.15, -0.1) is 0 Å². The summed E-state index contributed by atoms with van der Waals surface area (Å²) < 4.78 is 33.8. The fourth-order valence-corrected chi connectivity index (χ4v) is 5.82. The highest BCUT2D eigenvalue weighted by Gasteiger charge is 2.39. The van der Waals surface area contributed by atoms with Crippen LogP contribution in [0, 0.1) is 18.8 Å². The highest BCUT2D eigenvalue weighted by Crippen LogP contribution is 2.38. The van der Waals surface area contributed by atoms with E-state index in [1.807, 2.05) is 13.0 Å². The Morgan fingerprint density at radius 1 is 1.23 bits per heavy atom. The van der Waals surface area contributed by atoms with Crippen molar-refractivity contribution in [2.45, 2.75) is 58.5 Å². The topological polar surface area (TPSA) is 140 Å². The molecule has 4 heterocycles. The Hall–Kier alpha value is -3.73. The molecule has 3 aromatic rings. The normalized spacial score (nSPS) is 16.9. The van der Waals surface area contributed by atoms with Gasteiger partial charge in [0, 0.05) is 29.9 Å². The molecule has 1 saturated heterocycles. The number of nitrogens with two attached hydrogens (primary N) is 1. The molecule has 0 aromatic carbocycles. The molecule has 0 bridgehead atoms. The first-order valence-electron chi connectivity index (χ1n) is 12.9. The van der Waals surface area contributed by atoms with E-state index < -0.39 is 15.9 Å². The number of rotatable bonds is 8. The van der Waals surface area contributed by atoms with Crippen LogP contribution in [0.3, 0.4) is 0 Å². The number of carbonyl (C=O) groups excluding carboxylic acids is 1. The van der Waals surface area contributed by atoms with E-state index in [4.69, 9.17) is 15.5 Å². The third-order valence-electron chi connectivity index (χ3n) is 6.62. The number of carbonyl (C=O) groups is 1. The summed E-state index contributed by atoms with van der Waals surface area (Å²) in [6, 6.07) is 9.40. The molecule has 1 aliphatic rings. The van der Waals surface area contributed by atoms with Gasteiger partial charge in [-0.3, -0.25) is 4.79 Å². The van der Waals surface area contributed by atoms with Crippen molar-refractivity contribution in [3.05, 3.63) is 53.7 Å². The number of amides is 1. The summed E-state index contributed by atoms with van der Waals surface area (Å²) in [6.45, 7) is 13.7. The average Bonchev–Trinajstić information content (AvgIpc) is 3.13. The first-order valence-corrected chi connectivity index (χ1v) is 14.4. The van der Waals surface area contributed by atoms with E-state index in [1.54, 1.807) is 18.3 Å². The third kappa shape index (κ3) is 6.30. The summed E-state index contributed by atoms with van der Waals surface area (Å²) >= 11 is 0. The summed E-state index contributed by atoms with van der Waals surface area (Å²) in [5, 5.41) is -0.335. The summed E-state index contributed by atoms with van der Waals surface area (Å²) in [5.74, 6) is 0.929. The summed E-state index contributed by atoms with van der Waals surface area (Å²) in [5.41, 5.74) is 7.84. The molecule has 10 nitrogen and oxygen atoms in total. The second-order valence-corrected chi connectivity index (χ2v) is 12.8. The van der Waals surface area contributed by atoms with Gasteiger partial charge in [0.1, 0.15) is 11.6 Å². The van der Waals surface area contributed by atoms with Gasteiger partial charge in [0.05, 0.1) is 17.9 Å². The number of ether oxygens (including phenoxy) is 1. The molecule has 39 heavy (non-hydrogen) atoms. The fraction of sp³-hybridized carbons (Fsp3) is 0.429. The number of aryl methyl sites for hydroxylation is 1. The Morgan fingerprint density at radius 2 is 1.97 bits per heavy atom. The lowest BCUT2D eigenvalue weighted by molar-refractivity contribution is 0.0981. The fourth-order valence-electron chi connectivity index (χ4n) is 4.88. The highest BCUT2D eigenvalue weighted by molar-refractivity contribution is 7.90. The van der Waals surface area contributed by atoms with Crippen LogP contribution in [-0.4, -0.2) is 48.0 Å². The minimum Gasteiger partial charge on any atom is -0.477 e. The number of hydrogen-bond acceptors (Lipinski definition) is 9. The van der Waals surface area contributed by atoms with Crippen molar-refractivity contribution in [2.24, 2.45) is 11.8 Å². The zero-order chi connectivity index (χ0) is 28.5. The second-order valence-electron chi connectivity index (χ2n) is 11.2. The molecule has 208 valence electrons. The van der Waals surface area contributed by atoms with E-state index in [0.717, 1.165) is 17.5 Å². The van der Waals surface area contributed by atoms with E-state index in [1.165, 1.54) is 18.2 Å². The van der Waals surface area contributed by atoms with Gasteiger partial charge in [-0.1, -0.05) is 26.8 Å². The van der Waals surface area contributed by atoms with Crippen LogP contribution in [0.15, 0.2) is 47.6 Å². The van der Waals surface area contributed by atoms with Gasteiger partial charge >= 0.3 is 0 Å². The summed E-state index contributed by atoms with van der Waals surface area (Å²) in [7, 11) is -4.26. The smallest absolute Gasteiger partial charge is 0.281 e. The van der Waals surface area contributed by atoms with Crippen LogP contribution >= 0.6 is 0 Å². The first kappa shape index (κ1) is 28.3. The number of pyridine rings is 3. The van der Waals surface area contributed by atoms with Gasteiger partial charge in [-0.05, 0) is 68.9 Å². The van der Waals surface area contributed by atoms with Gasteiger partial charge in [-0.2, -0.15) is 8.42 Å². The van der Waals surface area contributed by atoms with Crippen molar-refractivity contribution in [3.63, 3.8) is 0 Å². The number of sulfonamides is 1. The zero-order valence-corrected chi connectivity index (χ0v) is 24.0. The molecule has 4 rings (SSSR count). The van der Waals surface area contributed by atoms with Crippen LogP contribution in [0.1, 0.15) is 57.0 Å². The number of hydrogen-bond donors (Lipinski definition) is 2. The van der Waals surface area contributed by atoms with E-state index in [-0.39, 0.29) is 21.9 Å². The summed E-state index contributed by atoms with van der Waals surface area (Å²) in [4.78, 5) is 28.7. The molecule has 0 spiro atoms. The number of anilines is 2. The van der Waals surface area contributed by atoms with Crippen molar-refractivity contribution in [1.82, 2.24) is 19.7 Å². The lowest BCUT2D eigenvalue weighted by Gasteiger charge is -2.34. The van der Waals surface area contributed by atoms with Crippen LogP contribution in [0.5, 0.6) is 5.88 Å². The monoisotopic (exact) mass is 552 g/mol. The van der Waals surface area contributed by atoms with E-state index in [9.17, 15) is 13.2 Å². The van der Waals surface area contributed by atoms with Crippen molar-refractivity contribution in [2.75, 3.05) is 23.8 Å². The SMILES string of the molecule is Cc1cc(OCC(C)C)ncc1-c1ccc(C(=O)NS(=O)(=O)c2cccc(N)n2)c(N2CC(C)CC2(C)C)n1. The maximum Gasteiger partial charge on any atom is 0.281 e. The molecular weight excluding hydrogens is 516 g/mol. The van der Waals surface area contributed by atoms with Gasteiger partial charge in [0.15, 0.2) is 5.03 Å². The molecule has 1 aliphatic heterocycles. The van der Waals surface area contributed by atoms with Crippen LogP contribution < -0.4 is 20.1 Å². The molecule has 0 radical (unpaired) electrons. The largest absolute Gasteiger partial charge is 0.477 e. The lowest BCUT2D eigenvalue weighted by atomic mass is 9.97. The number of nitrogens with zero attached hydrogens (tertiary/aromatic N) is 4. The standard InChI is InChI=1S/C28H36N6O4S/c1-17(2)16-38-24-12-19(4)21(14-30-24)22-11-10-20(26(31-22)34-15-18(3)13-28(34,5)6)27(35)33-39(36,37)25-9-7-8-23(29)32-25/h7-12,14,17-18H,13,15-16H2,1-6H3,(H2,29,32)(H,33,35). The van der Waals surface area contributed by atoms with Crippen LogP contribution in [-0.2, 0) is 10.0 Å². The van der Waals surface area contributed by atoms with E-state index in [0.29, 0.717) is 42.4 Å². The molecule has 11 heteroatoms. The van der Waals surface area contributed by atoms with Crippen molar-refractivity contribution in [1.29, 1.82) is 0 Å². The minimum atomic E-state index is -4.26. The number of aromatic nitrogens is 3.